The monoisotopic (exact) mass is 357 g/mol. The number of nitrogens with zero attached hydrogens (tertiary/aromatic N) is 2. The molecule has 8 heteroatoms. The first-order valence-corrected chi connectivity index (χ1v) is 7.81. The molecule has 7 nitrogen and oxygen atoms in total. The fourth-order valence-electron chi connectivity index (χ4n) is 2.17. The number of hydrogen-bond donors (Lipinski definition) is 1. The standard InChI is InChI=1S/C18H16FN3O4/c1-24-14-4-2-3-5-15(14)25-11-10-20-17(23)18-21-16(22-26-18)12-6-8-13(19)9-7-12/h2-9H,10-11H2,1H3,(H,20,23). The Bertz CT molecular complexity index is 880. The van der Waals surface area contributed by atoms with Crippen LogP contribution in [0.2, 0.25) is 0 Å². The number of methoxy groups -OCH3 is 1. The summed E-state index contributed by atoms with van der Waals surface area (Å²) < 4.78 is 28.6. The summed E-state index contributed by atoms with van der Waals surface area (Å²) >= 11 is 0. The molecule has 1 heterocycles. The second kappa shape index (κ2) is 8.11. The highest BCUT2D eigenvalue weighted by atomic mass is 19.1. The molecule has 1 aromatic heterocycles. The molecular weight excluding hydrogens is 341 g/mol. The molecule has 1 N–H and O–H groups in total. The van der Waals surface area contributed by atoms with Crippen molar-refractivity contribution in [2.45, 2.75) is 0 Å². The van der Waals surface area contributed by atoms with Gasteiger partial charge in [-0.05, 0) is 36.4 Å². The molecule has 2 aromatic carbocycles. The van der Waals surface area contributed by atoms with Gasteiger partial charge in [0, 0.05) is 5.56 Å². The predicted molar refractivity (Wildman–Crippen MR) is 90.5 cm³/mol. The summed E-state index contributed by atoms with van der Waals surface area (Å²) in [5.41, 5.74) is 0.550. The Hall–Kier alpha value is -3.42. The number of nitrogens with one attached hydrogen (secondary N) is 1. The minimum absolute atomic E-state index is 0.179. The van der Waals surface area contributed by atoms with E-state index >= 15 is 0 Å². The number of amides is 1. The number of carbonyl (C=O) groups is 1. The van der Waals surface area contributed by atoms with Gasteiger partial charge >= 0.3 is 11.8 Å². The number of rotatable bonds is 7. The number of hydrogen-bond acceptors (Lipinski definition) is 6. The summed E-state index contributed by atoms with van der Waals surface area (Å²) in [5, 5.41) is 6.34. The van der Waals surface area contributed by atoms with Crippen LogP contribution in [0.3, 0.4) is 0 Å². The van der Waals surface area contributed by atoms with Crippen LogP contribution in [0.4, 0.5) is 4.39 Å². The summed E-state index contributed by atoms with van der Waals surface area (Å²) in [6.45, 7) is 0.482. The van der Waals surface area contributed by atoms with E-state index in [9.17, 15) is 9.18 Å². The molecule has 0 aliphatic heterocycles. The van der Waals surface area contributed by atoms with Crippen LogP contribution in [0.1, 0.15) is 10.7 Å². The second-order valence-corrected chi connectivity index (χ2v) is 5.19. The number of halogens is 1. The molecule has 0 fully saturated rings. The van der Waals surface area contributed by atoms with Crippen molar-refractivity contribution in [3.8, 4) is 22.9 Å². The lowest BCUT2D eigenvalue weighted by Crippen LogP contribution is -2.28. The largest absolute Gasteiger partial charge is 0.493 e. The van der Waals surface area contributed by atoms with E-state index in [0.717, 1.165) is 0 Å². The van der Waals surface area contributed by atoms with Crippen molar-refractivity contribution in [1.29, 1.82) is 0 Å². The molecule has 0 saturated carbocycles. The molecule has 0 spiro atoms. The smallest absolute Gasteiger partial charge is 0.316 e. The molecule has 0 unspecified atom stereocenters. The fraction of sp³-hybridized carbons (Fsp3) is 0.167. The van der Waals surface area contributed by atoms with Crippen LogP contribution < -0.4 is 14.8 Å². The summed E-state index contributed by atoms with van der Waals surface area (Å²) in [6, 6.07) is 12.8. The van der Waals surface area contributed by atoms with Crippen LogP contribution in [0.15, 0.2) is 53.1 Å². The molecule has 0 saturated heterocycles. The van der Waals surface area contributed by atoms with E-state index in [1.807, 2.05) is 12.1 Å². The van der Waals surface area contributed by atoms with Crippen LogP contribution in [0, 0.1) is 5.82 Å². The summed E-state index contributed by atoms with van der Waals surface area (Å²) in [4.78, 5) is 16.0. The van der Waals surface area contributed by atoms with Crippen LogP contribution >= 0.6 is 0 Å². The van der Waals surface area contributed by atoms with Gasteiger partial charge in [-0.15, -0.1) is 0 Å². The minimum atomic E-state index is -0.519. The van der Waals surface area contributed by atoms with Gasteiger partial charge in [0.1, 0.15) is 12.4 Å². The zero-order valence-corrected chi connectivity index (χ0v) is 13.9. The lowest BCUT2D eigenvalue weighted by atomic mass is 10.2. The molecule has 1 amide bonds. The van der Waals surface area contributed by atoms with E-state index in [0.29, 0.717) is 17.1 Å². The molecule has 0 aliphatic rings. The second-order valence-electron chi connectivity index (χ2n) is 5.19. The molecule has 0 radical (unpaired) electrons. The van der Waals surface area contributed by atoms with Gasteiger partial charge in [0.05, 0.1) is 13.7 Å². The van der Waals surface area contributed by atoms with Crippen molar-refractivity contribution < 1.29 is 23.2 Å². The normalized spacial score (nSPS) is 10.4. The third-order valence-electron chi connectivity index (χ3n) is 3.44. The Morgan fingerprint density at radius 2 is 1.88 bits per heavy atom. The average molecular weight is 357 g/mol. The van der Waals surface area contributed by atoms with E-state index in [1.165, 1.54) is 24.3 Å². The highest BCUT2D eigenvalue weighted by molar-refractivity contribution is 5.89. The fourth-order valence-corrected chi connectivity index (χ4v) is 2.17. The molecule has 26 heavy (non-hydrogen) atoms. The number of ether oxygens (including phenoxy) is 2. The Kier molecular flexibility index (Phi) is 5.43. The number of aromatic nitrogens is 2. The van der Waals surface area contributed by atoms with Crippen molar-refractivity contribution in [2.24, 2.45) is 0 Å². The van der Waals surface area contributed by atoms with E-state index in [-0.39, 0.29) is 30.7 Å². The number of para-hydroxylation sites is 2. The van der Waals surface area contributed by atoms with Crippen molar-refractivity contribution in [2.75, 3.05) is 20.3 Å². The first kappa shape index (κ1) is 17.4. The first-order chi connectivity index (χ1) is 12.7. The van der Waals surface area contributed by atoms with Gasteiger partial charge in [-0.25, -0.2) is 4.39 Å². The maximum absolute atomic E-state index is 12.9. The van der Waals surface area contributed by atoms with Gasteiger partial charge in [0.15, 0.2) is 11.5 Å². The lowest BCUT2D eigenvalue weighted by molar-refractivity contribution is 0.0903. The Balaban J connectivity index is 1.52. The van der Waals surface area contributed by atoms with E-state index in [2.05, 4.69) is 15.5 Å². The van der Waals surface area contributed by atoms with Crippen LogP contribution in [0.5, 0.6) is 11.5 Å². The zero-order chi connectivity index (χ0) is 18.4. The van der Waals surface area contributed by atoms with Crippen LogP contribution in [-0.4, -0.2) is 36.3 Å². The summed E-state index contributed by atoms with van der Waals surface area (Å²) in [6.07, 6.45) is 0. The molecular formula is C18H16FN3O4. The number of carbonyl (C=O) groups excluding carboxylic acids is 1. The van der Waals surface area contributed by atoms with Gasteiger partial charge < -0.3 is 19.3 Å². The third-order valence-corrected chi connectivity index (χ3v) is 3.44. The van der Waals surface area contributed by atoms with Crippen molar-refractivity contribution in [3.63, 3.8) is 0 Å². The summed E-state index contributed by atoms with van der Waals surface area (Å²) in [7, 11) is 1.55. The SMILES string of the molecule is COc1ccccc1OCCNC(=O)c1nc(-c2ccc(F)cc2)no1. The zero-order valence-electron chi connectivity index (χ0n) is 13.9. The van der Waals surface area contributed by atoms with Crippen LogP contribution in [-0.2, 0) is 0 Å². The van der Waals surface area contributed by atoms with Gasteiger partial charge in [0.2, 0.25) is 5.82 Å². The average Bonchev–Trinajstić information content (AvgIpc) is 3.16. The molecule has 134 valence electrons. The van der Waals surface area contributed by atoms with E-state index in [4.69, 9.17) is 14.0 Å². The first-order valence-electron chi connectivity index (χ1n) is 7.81. The topological polar surface area (TPSA) is 86.5 Å². The molecule has 0 aliphatic carbocycles. The molecule has 0 bridgehead atoms. The van der Waals surface area contributed by atoms with Crippen molar-refractivity contribution in [1.82, 2.24) is 15.5 Å². The molecule has 3 aromatic rings. The number of benzene rings is 2. The van der Waals surface area contributed by atoms with Gasteiger partial charge in [-0.2, -0.15) is 4.98 Å². The maximum atomic E-state index is 12.9. The van der Waals surface area contributed by atoms with E-state index in [1.54, 1.807) is 19.2 Å². The quantitative estimate of drug-likeness (QED) is 0.654. The van der Waals surface area contributed by atoms with E-state index < -0.39 is 5.91 Å². The molecule has 3 rings (SSSR count). The van der Waals surface area contributed by atoms with Crippen molar-refractivity contribution in [3.05, 3.63) is 60.2 Å². The van der Waals surface area contributed by atoms with Gasteiger partial charge in [-0.3, -0.25) is 4.79 Å². The highest BCUT2D eigenvalue weighted by Gasteiger charge is 2.15. The third kappa shape index (κ3) is 4.15. The predicted octanol–water partition coefficient (Wildman–Crippen LogP) is 2.69. The summed E-state index contributed by atoms with van der Waals surface area (Å²) in [5.74, 6) is 0.335. The maximum Gasteiger partial charge on any atom is 0.316 e. The van der Waals surface area contributed by atoms with Crippen LogP contribution in [0.25, 0.3) is 11.4 Å². The van der Waals surface area contributed by atoms with Gasteiger partial charge in [0.25, 0.3) is 0 Å². The highest BCUT2D eigenvalue weighted by Crippen LogP contribution is 2.25. The van der Waals surface area contributed by atoms with Crippen molar-refractivity contribution >= 4 is 5.91 Å². The Labute approximate surface area is 148 Å². The van der Waals surface area contributed by atoms with Gasteiger partial charge in [-0.1, -0.05) is 17.3 Å². The Morgan fingerprint density at radius 1 is 1.15 bits per heavy atom. The molecule has 0 atom stereocenters. The lowest BCUT2D eigenvalue weighted by Gasteiger charge is -2.10. The minimum Gasteiger partial charge on any atom is -0.493 e. The Morgan fingerprint density at radius 3 is 2.62 bits per heavy atom.